The maximum Gasteiger partial charge on any atom is 0.416 e. The summed E-state index contributed by atoms with van der Waals surface area (Å²) >= 11 is 0. The molecule has 0 radical (unpaired) electrons. The number of benzene rings is 2. The van der Waals surface area contributed by atoms with Gasteiger partial charge in [-0.3, -0.25) is 9.78 Å². The van der Waals surface area contributed by atoms with Crippen LogP contribution in [0.2, 0.25) is 0 Å². The van der Waals surface area contributed by atoms with Crippen molar-refractivity contribution in [1.82, 2.24) is 10.3 Å². The molecule has 0 atom stereocenters. The summed E-state index contributed by atoms with van der Waals surface area (Å²) in [4.78, 5) is 17.2. The number of rotatable bonds is 3. The van der Waals surface area contributed by atoms with Crippen LogP contribution in [0.15, 0.2) is 48.5 Å². The normalized spacial score (nSPS) is 12.2. The Bertz CT molecular complexity index is 1070. The molecule has 0 spiro atoms. The molecule has 7 heteroatoms. The van der Waals surface area contributed by atoms with Gasteiger partial charge in [0, 0.05) is 17.3 Å². The van der Waals surface area contributed by atoms with E-state index < -0.39 is 28.9 Å². The summed E-state index contributed by atoms with van der Waals surface area (Å²) in [6.07, 6.45) is -4.47. The Morgan fingerprint density at radius 2 is 1.76 bits per heavy atom. The average molecular weight is 404 g/mol. The van der Waals surface area contributed by atoms with Crippen molar-refractivity contribution < 1.29 is 22.4 Å². The zero-order chi connectivity index (χ0) is 21.4. The first-order valence-corrected chi connectivity index (χ1v) is 9.00. The van der Waals surface area contributed by atoms with E-state index in [1.807, 2.05) is 20.8 Å². The number of pyridine rings is 1. The molecule has 2 aromatic carbocycles. The van der Waals surface area contributed by atoms with Crippen LogP contribution in [0.4, 0.5) is 17.6 Å². The number of alkyl halides is 3. The second-order valence-electron chi connectivity index (χ2n) is 7.85. The topological polar surface area (TPSA) is 42.0 Å². The van der Waals surface area contributed by atoms with E-state index in [2.05, 4.69) is 10.3 Å². The second-order valence-corrected chi connectivity index (χ2v) is 7.85. The van der Waals surface area contributed by atoms with Crippen molar-refractivity contribution in [3.63, 3.8) is 0 Å². The lowest BCUT2D eigenvalue weighted by molar-refractivity contribution is -0.137. The third-order valence-corrected chi connectivity index (χ3v) is 4.44. The third-order valence-electron chi connectivity index (χ3n) is 4.44. The smallest absolute Gasteiger partial charge is 0.348 e. The quantitative estimate of drug-likeness (QED) is 0.576. The second kappa shape index (κ2) is 7.46. The van der Waals surface area contributed by atoms with Gasteiger partial charge in [-0.05, 0) is 35.9 Å². The fourth-order valence-electron chi connectivity index (χ4n) is 3.01. The number of hydrogen-bond donors (Lipinski definition) is 1. The van der Waals surface area contributed by atoms with Crippen molar-refractivity contribution >= 4 is 16.8 Å². The monoisotopic (exact) mass is 404 g/mol. The van der Waals surface area contributed by atoms with Gasteiger partial charge in [0.05, 0.1) is 22.3 Å². The Kier molecular flexibility index (Phi) is 5.34. The molecule has 0 saturated carbocycles. The Balaban J connectivity index is 2.00. The number of halogens is 4. The molecule has 0 aliphatic rings. The fourth-order valence-corrected chi connectivity index (χ4v) is 3.01. The molecule has 1 heterocycles. The van der Waals surface area contributed by atoms with Crippen LogP contribution in [0, 0.1) is 5.82 Å². The molecule has 1 N–H and O–H groups in total. The highest BCUT2D eigenvalue weighted by Gasteiger charge is 2.31. The number of carbonyl (C=O) groups excluding carboxylic acids is 1. The number of aromatic nitrogens is 1. The average Bonchev–Trinajstić information content (AvgIpc) is 2.63. The molecule has 0 aliphatic heterocycles. The molecule has 0 saturated heterocycles. The van der Waals surface area contributed by atoms with Crippen LogP contribution in [0.3, 0.4) is 0 Å². The van der Waals surface area contributed by atoms with Crippen molar-refractivity contribution in [2.24, 2.45) is 0 Å². The van der Waals surface area contributed by atoms with Crippen LogP contribution in [0.1, 0.15) is 48.0 Å². The van der Waals surface area contributed by atoms with Gasteiger partial charge in [0.1, 0.15) is 5.82 Å². The van der Waals surface area contributed by atoms with Crippen LogP contribution in [0.5, 0.6) is 0 Å². The predicted octanol–water partition coefficient (Wildman–Crippen LogP) is 5.62. The first-order valence-electron chi connectivity index (χ1n) is 9.00. The summed E-state index contributed by atoms with van der Waals surface area (Å²) in [5.74, 6) is -0.826. The van der Waals surface area contributed by atoms with Gasteiger partial charge in [-0.1, -0.05) is 39.0 Å². The van der Waals surface area contributed by atoms with Crippen molar-refractivity contribution in [3.05, 3.63) is 76.7 Å². The largest absolute Gasteiger partial charge is 0.416 e. The lowest BCUT2D eigenvalue weighted by atomic mass is 9.87. The van der Waals surface area contributed by atoms with E-state index in [0.717, 1.165) is 12.1 Å². The number of fused-ring (bicyclic) bond motifs is 1. The molecule has 3 nitrogen and oxygen atoms in total. The SMILES string of the molecule is CC(C)(C)c1nc2cc(C(F)(F)F)ccc2cc1C(=O)NCc1cccc(F)c1. The van der Waals surface area contributed by atoms with E-state index in [4.69, 9.17) is 0 Å². The molecular formula is C22H20F4N2O. The van der Waals surface area contributed by atoms with E-state index in [1.165, 1.54) is 18.2 Å². The van der Waals surface area contributed by atoms with Gasteiger partial charge in [0.2, 0.25) is 0 Å². The Morgan fingerprint density at radius 1 is 1.03 bits per heavy atom. The van der Waals surface area contributed by atoms with E-state index >= 15 is 0 Å². The lowest BCUT2D eigenvalue weighted by Crippen LogP contribution is -2.28. The first kappa shape index (κ1) is 20.8. The van der Waals surface area contributed by atoms with Gasteiger partial charge < -0.3 is 5.32 Å². The molecule has 3 rings (SSSR count). The van der Waals surface area contributed by atoms with Gasteiger partial charge in [0.25, 0.3) is 5.91 Å². The Morgan fingerprint density at radius 3 is 2.38 bits per heavy atom. The number of hydrogen-bond acceptors (Lipinski definition) is 2. The van der Waals surface area contributed by atoms with E-state index in [1.54, 1.807) is 18.2 Å². The van der Waals surface area contributed by atoms with Crippen molar-refractivity contribution in [3.8, 4) is 0 Å². The summed E-state index contributed by atoms with van der Waals surface area (Å²) in [7, 11) is 0. The van der Waals surface area contributed by atoms with Gasteiger partial charge in [-0.2, -0.15) is 13.2 Å². The van der Waals surface area contributed by atoms with Crippen LogP contribution in [0.25, 0.3) is 10.9 Å². The van der Waals surface area contributed by atoms with Crippen LogP contribution in [-0.4, -0.2) is 10.9 Å². The molecular weight excluding hydrogens is 384 g/mol. The van der Waals surface area contributed by atoms with Gasteiger partial charge >= 0.3 is 6.18 Å². The Hall–Kier alpha value is -2.96. The molecule has 1 amide bonds. The molecule has 0 fully saturated rings. The summed E-state index contributed by atoms with van der Waals surface area (Å²) in [5.41, 5.74) is 0.0714. The number of carbonyl (C=O) groups is 1. The maximum absolute atomic E-state index is 13.3. The van der Waals surface area contributed by atoms with Gasteiger partial charge in [-0.15, -0.1) is 0 Å². The number of amides is 1. The highest BCUT2D eigenvalue weighted by atomic mass is 19.4. The van der Waals surface area contributed by atoms with Gasteiger partial charge in [-0.25, -0.2) is 4.39 Å². The van der Waals surface area contributed by atoms with Crippen molar-refractivity contribution in [2.75, 3.05) is 0 Å². The highest BCUT2D eigenvalue weighted by Crippen LogP contribution is 2.33. The molecule has 29 heavy (non-hydrogen) atoms. The first-order chi connectivity index (χ1) is 13.4. The summed E-state index contributed by atoms with van der Waals surface area (Å²) in [6, 6.07) is 10.7. The molecule has 152 valence electrons. The molecule has 0 unspecified atom stereocenters. The number of nitrogens with one attached hydrogen (secondary N) is 1. The predicted molar refractivity (Wildman–Crippen MR) is 103 cm³/mol. The zero-order valence-electron chi connectivity index (χ0n) is 16.2. The molecule has 0 bridgehead atoms. The minimum Gasteiger partial charge on any atom is -0.348 e. The van der Waals surface area contributed by atoms with E-state index in [0.29, 0.717) is 16.6 Å². The number of nitrogens with zero attached hydrogens (tertiary/aromatic N) is 1. The summed E-state index contributed by atoms with van der Waals surface area (Å²) in [5, 5.41) is 3.16. The van der Waals surface area contributed by atoms with Crippen LogP contribution < -0.4 is 5.32 Å². The zero-order valence-corrected chi connectivity index (χ0v) is 16.2. The highest BCUT2D eigenvalue weighted by molar-refractivity contribution is 5.99. The van der Waals surface area contributed by atoms with Crippen molar-refractivity contribution in [1.29, 1.82) is 0 Å². The lowest BCUT2D eigenvalue weighted by Gasteiger charge is -2.22. The molecule has 1 aromatic heterocycles. The minimum atomic E-state index is -4.47. The summed E-state index contributed by atoms with van der Waals surface area (Å²) in [6.45, 7) is 5.61. The van der Waals surface area contributed by atoms with E-state index in [9.17, 15) is 22.4 Å². The van der Waals surface area contributed by atoms with Crippen LogP contribution >= 0.6 is 0 Å². The Labute approximate surface area is 165 Å². The molecule has 3 aromatic rings. The summed E-state index contributed by atoms with van der Waals surface area (Å²) < 4.78 is 52.4. The maximum atomic E-state index is 13.3. The van der Waals surface area contributed by atoms with Gasteiger partial charge in [0.15, 0.2) is 0 Å². The van der Waals surface area contributed by atoms with Crippen molar-refractivity contribution in [2.45, 2.75) is 38.9 Å². The minimum absolute atomic E-state index is 0.116. The van der Waals surface area contributed by atoms with E-state index in [-0.39, 0.29) is 17.6 Å². The molecule has 0 aliphatic carbocycles. The third kappa shape index (κ3) is 4.72. The fraction of sp³-hybridized carbons (Fsp3) is 0.273. The standard InChI is InChI=1S/C22H20F4N2O/c1-21(2,3)19-17(20(29)27-12-13-5-4-6-16(23)9-13)10-14-7-8-15(22(24,25)26)11-18(14)28-19/h4-11H,12H2,1-3H3,(H,27,29). The van der Waals surface area contributed by atoms with Crippen LogP contribution in [-0.2, 0) is 18.1 Å².